The van der Waals surface area contributed by atoms with E-state index in [4.69, 9.17) is 5.73 Å². The summed E-state index contributed by atoms with van der Waals surface area (Å²) in [7, 11) is 3.38. The predicted octanol–water partition coefficient (Wildman–Crippen LogP) is -0.395. The highest BCUT2D eigenvalue weighted by molar-refractivity contribution is 5.73. The number of urea groups is 1. The van der Waals surface area contributed by atoms with Gasteiger partial charge in [0.15, 0.2) is 0 Å². The zero-order chi connectivity index (χ0) is 8.15. The molecule has 0 aromatic heterocycles. The van der Waals surface area contributed by atoms with Crippen LogP contribution >= 0.6 is 0 Å². The Hall–Kier alpha value is -0.770. The van der Waals surface area contributed by atoms with Gasteiger partial charge in [-0.25, -0.2) is 4.79 Å². The molecular formula is C6H15N3O. The first-order chi connectivity index (χ1) is 4.54. The lowest BCUT2D eigenvalue weighted by atomic mass is 10.4. The quantitative estimate of drug-likeness (QED) is 0.555. The lowest BCUT2D eigenvalue weighted by Crippen LogP contribution is -2.40. The van der Waals surface area contributed by atoms with Crippen molar-refractivity contribution in [3.8, 4) is 0 Å². The summed E-state index contributed by atoms with van der Waals surface area (Å²) in [6, 6.07) is -0.0822. The van der Waals surface area contributed by atoms with Gasteiger partial charge in [0, 0.05) is 26.7 Å². The van der Waals surface area contributed by atoms with E-state index in [1.807, 2.05) is 6.92 Å². The third kappa shape index (κ3) is 4.14. The van der Waals surface area contributed by atoms with Crippen LogP contribution in [-0.2, 0) is 0 Å². The van der Waals surface area contributed by atoms with Gasteiger partial charge in [0.1, 0.15) is 0 Å². The van der Waals surface area contributed by atoms with Gasteiger partial charge in [-0.1, -0.05) is 0 Å². The van der Waals surface area contributed by atoms with E-state index in [-0.39, 0.29) is 12.1 Å². The molecule has 0 aliphatic rings. The molecule has 0 saturated heterocycles. The highest BCUT2D eigenvalue weighted by Crippen LogP contribution is 1.77. The van der Waals surface area contributed by atoms with E-state index >= 15 is 0 Å². The van der Waals surface area contributed by atoms with E-state index < -0.39 is 0 Å². The molecule has 0 aliphatic heterocycles. The Balaban J connectivity index is 3.40. The monoisotopic (exact) mass is 145 g/mol. The molecule has 1 unspecified atom stereocenters. The standard InChI is InChI=1S/C6H15N3O/c1-5(7)4-8-6(10)9(2)3/h5H,4,7H2,1-3H3,(H,8,10). The summed E-state index contributed by atoms with van der Waals surface area (Å²) in [5.41, 5.74) is 5.41. The molecule has 60 valence electrons. The van der Waals surface area contributed by atoms with E-state index in [1.54, 1.807) is 14.1 Å². The Labute approximate surface area is 61.4 Å². The molecule has 0 saturated carbocycles. The first-order valence-electron chi connectivity index (χ1n) is 3.24. The van der Waals surface area contributed by atoms with Crippen LogP contribution in [0.15, 0.2) is 0 Å². The molecule has 0 radical (unpaired) electrons. The zero-order valence-electron chi connectivity index (χ0n) is 6.72. The van der Waals surface area contributed by atoms with Gasteiger partial charge in [-0.3, -0.25) is 0 Å². The zero-order valence-corrected chi connectivity index (χ0v) is 6.72. The molecule has 4 heteroatoms. The van der Waals surface area contributed by atoms with Crippen LogP contribution < -0.4 is 11.1 Å². The number of hydrogen-bond acceptors (Lipinski definition) is 2. The van der Waals surface area contributed by atoms with Crippen LogP contribution in [0, 0.1) is 0 Å². The minimum absolute atomic E-state index is 0.0175. The molecular weight excluding hydrogens is 130 g/mol. The largest absolute Gasteiger partial charge is 0.336 e. The molecule has 0 aliphatic carbocycles. The number of hydrogen-bond donors (Lipinski definition) is 2. The summed E-state index contributed by atoms with van der Waals surface area (Å²) in [5, 5.41) is 2.64. The summed E-state index contributed by atoms with van der Waals surface area (Å²) in [6.07, 6.45) is 0. The van der Waals surface area contributed by atoms with Crippen molar-refractivity contribution in [3.63, 3.8) is 0 Å². The second-order valence-electron chi connectivity index (χ2n) is 2.56. The fraction of sp³-hybridized carbons (Fsp3) is 0.833. The van der Waals surface area contributed by atoms with Crippen molar-refractivity contribution >= 4 is 6.03 Å². The smallest absolute Gasteiger partial charge is 0.316 e. The maximum Gasteiger partial charge on any atom is 0.316 e. The summed E-state index contributed by atoms with van der Waals surface area (Å²) in [6.45, 7) is 2.37. The highest BCUT2D eigenvalue weighted by atomic mass is 16.2. The normalized spacial score (nSPS) is 12.4. The number of nitrogens with two attached hydrogens (primary N) is 1. The average molecular weight is 145 g/mol. The van der Waals surface area contributed by atoms with E-state index in [1.165, 1.54) is 4.90 Å². The minimum atomic E-state index is -0.0997. The van der Waals surface area contributed by atoms with Crippen molar-refractivity contribution in [2.24, 2.45) is 5.73 Å². The number of carbonyl (C=O) groups is 1. The van der Waals surface area contributed by atoms with Gasteiger partial charge in [0.05, 0.1) is 0 Å². The van der Waals surface area contributed by atoms with E-state index in [0.717, 1.165) is 0 Å². The molecule has 10 heavy (non-hydrogen) atoms. The molecule has 0 bridgehead atoms. The van der Waals surface area contributed by atoms with Gasteiger partial charge in [-0.15, -0.1) is 0 Å². The van der Waals surface area contributed by atoms with E-state index in [0.29, 0.717) is 6.54 Å². The number of nitrogens with one attached hydrogen (secondary N) is 1. The maximum absolute atomic E-state index is 10.8. The van der Waals surface area contributed by atoms with Gasteiger partial charge in [-0.2, -0.15) is 0 Å². The molecule has 0 aromatic rings. The van der Waals surface area contributed by atoms with Crippen LogP contribution in [0.1, 0.15) is 6.92 Å². The van der Waals surface area contributed by atoms with Gasteiger partial charge in [0.2, 0.25) is 0 Å². The van der Waals surface area contributed by atoms with Crippen molar-refractivity contribution in [1.29, 1.82) is 0 Å². The van der Waals surface area contributed by atoms with Gasteiger partial charge >= 0.3 is 6.03 Å². The van der Waals surface area contributed by atoms with Gasteiger partial charge in [0.25, 0.3) is 0 Å². The number of carbonyl (C=O) groups excluding carboxylic acids is 1. The van der Waals surface area contributed by atoms with Crippen LogP contribution in [0.2, 0.25) is 0 Å². The molecule has 3 N–H and O–H groups in total. The Morgan fingerprint density at radius 3 is 2.50 bits per heavy atom. The molecule has 0 aromatic carbocycles. The van der Waals surface area contributed by atoms with Crippen molar-refractivity contribution in [3.05, 3.63) is 0 Å². The Morgan fingerprint density at radius 1 is 1.70 bits per heavy atom. The molecule has 0 heterocycles. The van der Waals surface area contributed by atoms with Crippen molar-refractivity contribution in [2.75, 3.05) is 20.6 Å². The first kappa shape index (κ1) is 9.23. The number of amides is 2. The molecule has 0 rings (SSSR count). The van der Waals surface area contributed by atoms with Gasteiger partial charge < -0.3 is 16.0 Å². The first-order valence-corrected chi connectivity index (χ1v) is 3.24. The molecule has 2 amide bonds. The lowest BCUT2D eigenvalue weighted by molar-refractivity contribution is 0.217. The SMILES string of the molecule is CC(N)CNC(=O)N(C)C. The predicted molar refractivity (Wildman–Crippen MR) is 40.7 cm³/mol. The van der Waals surface area contributed by atoms with Crippen molar-refractivity contribution in [2.45, 2.75) is 13.0 Å². The Morgan fingerprint density at radius 2 is 2.20 bits per heavy atom. The van der Waals surface area contributed by atoms with E-state index in [2.05, 4.69) is 5.32 Å². The summed E-state index contributed by atoms with van der Waals surface area (Å²) >= 11 is 0. The molecule has 1 atom stereocenters. The number of nitrogens with zero attached hydrogens (tertiary/aromatic N) is 1. The van der Waals surface area contributed by atoms with Crippen molar-refractivity contribution in [1.82, 2.24) is 10.2 Å². The fourth-order valence-electron chi connectivity index (χ4n) is 0.406. The van der Waals surface area contributed by atoms with E-state index in [9.17, 15) is 4.79 Å². The van der Waals surface area contributed by atoms with Crippen LogP contribution in [0.25, 0.3) is 0 Å². The molecule has 0 fully saturated rings. The molecule has 4 nitrogen and oxygen atoms in total. The summed E-state index contributed by atoms with van der Waals surface area (Å²) in [4.78, 5) is 12.3. The second-order valence-corrected chi connectivity index (χ2v) is 2.56. The third-order valence-corrected chi connectivity index (χ3v) is 0.981. The fourth-order valence-corrected chi connectivity index (χ4v) is 0.406. The number of rotatable bonds is 2. The minimum Gasteiger partial charge on any atom is -0.336 e. The Kier molecular flexibility index (Phi) is 3.79. The maximum atomic E-state index is 10.8. The van der Waals surface area contributed by atoms with Gasteiger partial charge in [-0.05, 0) is 6.92 Å². The van der Waals surface area contributed by atoms with Crippen LogP contribution in [-0.4, -0.2) is 37.6 Å². The van der Waals surface area contributed by atoms with Crippen LogP contribution in [0.4, 0.5) is 4.79 Å². The average Bonchev–Trinajstić information content (AvgIpc) is 1.82. The lowest BCUT2D eigenvalue weighted by Gasteiger charge is -2.12. The topological polar surface area (TPSA) is 58.4 Å². The second kappa shape index (κ2) is 4.11. The highest BCUT2D eigenvalue weighted by Gasteiger charge is 2.01. The summed E-state index contributed by atoms with van der Waals surface area (Å²) in [5.74, 6) is 0. The van der Waals surface area contributed by atoms with Crippen molar-refractivity contribution < 1.29 is 4.79 Å². The summed E-state index contributed by atoms with van der Waals surface area (Å²) < 4.78 is 0. The van der Waals surface area contributed by atoms with Crippen LogP contribution in [0.3, 0.4) is 0 Å². The van der Waals surface area contributed by atoms with Crippen LogP contribution in [0.5, 0.6) is 0 Å². The third-order valence-electron chi connectivity index (χ3n) is 0.981. The Bertz CT molecular complexity index is 112. The molecule has 0 spiro atoms.